The van der Waals surface area contributed by atoms with E-state index in [0.717, 1.165) is 35.9 Å². The highest BCUT2D eigenvalue weighted by molar-refractivity contribution is 5.89. The molecule has 2 aromatic heterocycles. The quantitative estimate of drug-likeness (QED) is 0.733. The van der Waals surface area contributed by atoms with Crippen LogP contribution in [-0.4, -0.2) is 32.1 Å². The van der Waals surface area contributed by atoms with Gasteiger partial charge in [-0.1, -0.05) is 30.3 Å². The van der Waals surface area contributed by atoms with Crippen molar-refractivity contribution in [1.82, 2.24) is 19.6 Å². The summed E-state index contributed by atoms with van der Waals surface area (Å²) in [7, 11) is 2.01. The van der Waals surface area contributed by atoms with Gasteiger partial charge in [0.05, 0.1) is 12.5 Å². The number of benzene rings is 1. The minimum Gasteiger partial charge on any atom is -0.350 e. The van der Waals surface area contributed by atoms with Crippen molar-refractivity contribution in [3.8, 4) is 0 Å². The fourth-order valence-electron chi connectivity index (χ4n) is 3.71. The molecule has 1 aliphatic rings. The third-order valence-electron chi connectivity index (χ3n) is 4.98. The Hall–Kier alpha value is -2.63. The van der Waals surface area contributed by atoms with Crippen LogP contribution >= 0.6 is 0 Å². The average molecular weight is 338 g/mol. The summed E-state index contributed by atoms with van der Waals surface area (Å²) < 4.78 is 7.31. The number of aryl methyl sites for hydroxylation is 2. The maximum absolute atomic E-state index is 13.0. The van der Waals surface area contributed by atoms with Crippen molar-refractivity contribution in [2.75, 3.05) is 6.54 Å². The van der Waals surface area contributed by atoms with Gasteiger partial charge in [-0.05, 0) is 24.5 Å². The third kappa shape index (κ3) is 2.81. The van der Waals surface area contributed by atoms with Crippen LogP contribution in [0.5, 0.6) is 0 Å². The fraction of sp³-hybridized carbons (Fsp3) is 0.421. The standard InChI is InChI=1S/C19H22N4O2/c1-3-17-20-19(21-25-17)16-9-6-10-23(16)18(24)11-13-12-22(2)15-8-5-4-7-14(13)15/h4-5,7-8,12,16H,3,6,9-11H2,1-2H3/t16-/m1/s1. The van der Waals surface area contributed by atoms with Gasteiger partial charge in [-0.15, -0.1) is 0 Å². The molecule has 1 aromatic carbocycles. The van der Waals surface area contributed by atoms with E-state index < -0.39 is 0 Å². The second-order valence-corrected chi connectivity index (χ2v) is 6.60. The normalized spacial score (nSPS) is 17.5. The van der Waals surface area contributed by atoms with Gasteiger partial charge in [-0.25, -0.2) is 0 Å². The largest absolute Gasteiger partial charge is 0.350 e. The van der Waals surface area contributed by atoms with E-state index in [1.54, 1.807) is 0 Å². The number of carbonyl (C=O) groups is 1. The maximum atomic E-state index is 13.0. The van der Waals surface area contributed by atoms with Gasteiger partial charge in [0.25, 0.3) is 0 Å². The van der Waals surface area contributed by atoms with Crippen LogP contribution in [0.1, 0.15) is 43.1 Å². The molecule has 1 fully saturated rings. The Kier molecular flexibility index (Phi) is 4.03. The molecule has 1 atom stereocenters. The predicted molar refractivity (Wildman–Crippen MR) is 94.0 cm³/mol. The van der Waals surface area contributed by atoms with E-state index >= 15 is 0 Å². The van der Waals surface area contributed by atoms with E-state index in [1.165, 1.54) is 0 Å². The lowest BCUT2D eigenvalue weighted by atomic mass is 10.1. The lowest BCUT2D eigenvalue weighted by Crippen LogP contribution is -2.32. The Morgan fingerprint density at radius 2 is 2.20 bits per heavy atom. The first-order chi connectivity index (χ1) is 12.2. The molecule has 3 heterocycles. The van der Waals surface area contributed by atoms with Crippen molar-refractivity contribution >= 4 is 16.8 Å². The number of nitrogens with zero attached hydrogens (tertiary/aromatic N) is 4. The number of para-hydroxylation sites is 1. The summed E-state index contributed by atoms with van der Waals surface area (Å²) in [5.41, 5.74) is 2.21. The first-order valence-electron chi connectivity index (χ1n) is 8.82. The Bertz CT molecular complexity index is 911. The van der Waals surface area contributed by atoms with Crippen molar-refractivity contribution in [3.05, 3.63) is 47.7 Å². The minimum atomic E-state index is -0.0634. The van der Waals surface area contributed by atoms with Crippen LogP contribution < -0.4 is 0 Å². The van der Waals surface area contributed by atoms with E-state index in [0.29, 0.717) is 24.6 Å². The zero-order chi connectivity index (χ0) is 17.4. The fourth-order valence-corrected chi connectivity index (χ4v) is 3.71. The van der Waals surface area contributed by atoms with Crippen molar-refractivity contribution in [1.29, 1.82) is 0 Å². The highest BCUT2D eigenvalue weighted by atomic mass is 16.5. The maximum Gasteiger partial charge on any atom is 0.227 e. The molecule has 1 aliphatic heterocycles. The molecule has 0 bridgehead atoms. The molecule has 25 heavy (non-hydrogen) atoms. The molecule has 1 saturated heterocycles. The number of amides is 1. The third-order valence-corrected chi connectivity index (χ3v) is 4.98. The van der Waals surface area contributed by atoms with E-state index in [9.17, 15) is 4.79 Å². The van der Waals surface area contributed by atoms with Gasteiger partial charge in [-0.3, -0.25) is 4.79 Å². The zero-order valence-electron chi connectivity index (χ0n) is 14.6. The molecule has 6 heteroatoms. The van der Waals surface area contributed by atoms with Crippen LogP contribution in [0, 0.1) is 0 Å². The van der Waals surface area contributed by atoms with Gasteiger partial charge in [0.2, 0.25) is 11.8 Å². The molecule has 0 spiro atoms. The number of hydrogen-bond acceptors (Lipinski definition) is 4. The van der Waals surface area contributed by atoms with Gasteiger partial charge < -0.3 is 14.0 Å². The summed E-state index contributed by atoms with van der Waals surface area (Å²) in [6.07, 6.45) is 5.03. The van der Waals surface area contributed by atoms with E-state index in [1.807, 2.05) is 31.0 Å². The lowest BCUT2D eigenvalue weighted by molar-refractivity contribution is -0.131. The molecule has 4 rings (SSSR count). The monoisotopic (exact) mass is 338 g/mol. The average Bonchev–Trinajstić information content (AvgIpc) is 3.34. The van der Waals surface area contributed by atoms with Gasteiger partial charge >= 0.3 is 0 Å². The van der Waals surface area contributed by atoms with Crippen LogP contribution in [0.15, 0.2) is 35.0 Å². The molecular formula is C19H22N4O2. The number of likely N-dealkylation sites (tertiary alicyclic amines) is 1. The second-order valence-electron chi connectivity index (χ2n) is 6.60. The molecular weight excluding hydrogens is 316 g/mol. The molecule has 1 amide bonds. The molecule has 130 valence electrons. The van der Waals surface area contributed by atoms with Gasteiger partial charge in [0.1, 0.15) is 0 Å². The molecule has 6 nitrogen and oxygen atoms in total. The summed E-state index contributed by atoms with van der Waals surface area (Å²) in [4.78, 5) is 19.3. The Morgan fingerprint density at radius 3 is 3.00 bits per heavy atom. The molecule has 0 unspecified atom stereocenters. The number of aromatic nitrogens is 3. The Morgan fingerprint density at radius 1 is 1.36 bits per heavy atom. The number of carbonyl (C=O) groups excluding carboxylic acids is 1. The van der Waals surface area contributed by atoms with Crippen LogP contribution in [0.4, 0.5) is 0 Å². The van der Waals surface area contributed by atoms with Crippen LogP contribution in [0.3, 0.4) is 0 Å². The smallest absolute Gasteiger partial charge is 0.227 e. The Labute approximate surface area is 146 Å². The lowest BCUT2D eigenvalue weighted by Gasteiger charge is -2.22. The van der Waals surface area contributed by atoms with E-state index in [-0.39, 0.29) is 11.9 Å². The van der Waals surface area contributed by atoms with Crippen molar-refractivity contribution in [2.24, 2.45) is 7.05 Å². The highest BCUT2D eigenvalue weighted by Crippen LogP contribution is 2.31. The van der Waals surface area contributed by atoms with Crippen LogP contribution in [0.2, 0.25) is 0 Å². The van der Waals surface area contributed by atoms with Crippen LogP contribution in [0.25, 0.3) is 10.9 Å². The molecule has 3 aromatic rings. The van der Waals surface area contributed by atoms with Crippen molar-refractivity contribution in [2.45, 2.75) is 38.6 Å². The van der Waals surface area contributed by atoms with Crippen LogP contribution in [-0.2, 0) is 24.7 Å². The van der Waals surface area contributed by atoms with Crippen molar-refractivity contribution < 1.29 is 9.32 Å². The number of fused-ring (bicyclic) bond motifs is 1. The Balaban J connectivity index is 1.57. The molecule has 0 radical (unpaired) electrons. The molecule has 0 saturated carbocycles. The van der Waals surface area contributed by atoms with Gasteiger partial charge in [-0.2, -0.15) is 4.98 Å². The minimum absolute atomic E-state index is 0.0634. The van der Waals surface area contributed by atoms with Gasteiger partial charge in [0, 0.05) is 37.1 Å². The number of hydrogen-bond donors (Lipinski definition) is 0. The summed E-state index contributed by atoms with van der Waals surface area (Å²) in [6, 6.07) is 8.12. The first kappa shape index (κ1) is 15.9. The molecule has 0 aliphatic carbocycles. The van der Waals surface area contributed by atoms with E-state index in [2.05, 4.69) is 33.0 Å². The second kappa shape index (κ2) is 6.35. The topological polar surface area (TPSA) is 64.2 Å². The number of rotatable bonds is 4. The zero-order valence-corrected chi connectivity index (χ0v) is 14.6. The summed E-state index contributed by atoms with van der Waals surface area (Å²) in [5.74, 6) is 1.39. The SMILES string of the molecule is CCc1nc([C@H]2CCCN2C(=O)Cc2cn(C)c3ccccc23)no1. The predicted octanol–water partition coefficient (Wildman–Crippen LogP) is 3.03. The molecule has 0 N–H and O–H groups in total. The van der Waals surface area contributed by atoms with E-state index in [4.69, 9.17) is 4.52 Å². The van der Waals surface area contributed by atoms with Gasteiger partial charge in [0.15, 0.2) is 5.82 Å². The summed E-state index contributed by atoms with van der Waals surface area (Å²) >= 11 is 0. The first-order valence-corrected chi connectivity index (χ1v) is 8.82. The summed E-state index contributed by atoms with van der Waals surface area (Å²) in [6.45, 7) is 2.74. The van der Waals surface area contributed by atoms with Crippen molar-refractivity contribution in [3.63, 3.8) is 0 Å². The highest BCUT2D eigenvalue weighted by Gasteiger charge is 2.33. The summed E-state index contributed by atoms with van der Waals surface area (Å²) in [5, 5.41) is 5.22.